The fourth-order valence-electron chi connectivity index (χ4n) is 3.48. The molecule has 0 unspecified atom stereocenters. The Kier molecular flexibility index (Phi) is 6.10. The van der Waals surface area contributed by atoms with Gasteiger partial charge in [-0.05, 0) is 47.4 Å². The zero-order chi connectivity index (χ0) is 24.0. The van der Waals surface area contributed by atoms with Crippen molar-refractivity contribution in [2.45, 2.75) is 39.0 Å². The number of fused-ring (bicyclic) bond motifs is 1. The third-order valence-corrected chi connectivity index (χ3v) is 5.92. The van der Waals surface area contributed by atoms with Crippen LogP contribution in [-0.2, 0) is 18.2 Å². The lowest BCUT2D eigenvalue weighted by Crippen LogP contribution is -2.10. The molecule has 3 aromatic carbocycles. The van der Waals surface area contributed by atoms with Crippen LogP contribution in [0.25, 0.3) is 22.4 Å². The van der Waals surface area contributed by atoms with E-state index in [1.165, 1.54) is 18.2 Å². The summed E-state index contributed by atoms with van der Waals surface area (Å²) in [6.07, 6.45) is -4.47. The molecule has 4 rings (SSSR count). The van der Waals surface area contributed by atoms with Crippen LogP contribution >= 0.6 is 23.2 Å². The quantitative estimate of drug-likeness (QED) is 0.310. The van der Waals surface area contributed by atoms with Gasteiger partial charge in [0.2, 0.25) is 0 Å². The predicted octanol–water partition coefficient (Wildman–Crippen LogP) is 8.43. The minimum absolute atomic E-state index is 0.0247. The molecule has 0 saturated carbocycles. The molecule has 0 fully saturated rings. The summed E-state index contributed by atoms with van der Waals surface area (Å²) in [6, 6.07) is 14.2. The fraction of sp³-hybridized carbons (Fsp3) is 0.240. The molecule has 1 heterocycles. The van der Waals surface area contributed by atoms with Gasteiger partial charge in [0.1, 0.15) is 23.7 Å². The van der Waals surface area contributed by atoms with Gasteiger partial charge in [0, 0.05) is 11.1 Å². The number of halogens is 5. The number of hydrogen-bond acceptors (Lipinski definition) is 2. The molecule has 172 valence electrons. The number of nitrogens with one attached hydrogen (secondary N) is 1. The topological polar surface area (TPSA) is 37.9 Å². The lowest BCUT2D eigenvalue weighted by molar-refractivity contribution is -0.138. The third-order valence-electron chi connectivity index (χ3n) is 5.32. The Labute approximate surface area is 199 Å². The van der Waals surface area contributed by atoms with E-state index in [2.05, 4.69) is 30.7 Å². The number of nitrogens with zero attached hydrogens (tertiary/aromatic N) is 1. The molecule has 4 aromatic rings. The van der Waals surface area contributed by atoms with E-state index < -0.39 is 11.7 Å². The molecule has 0 aliphatic carbocycles. The highest BCUT2D eigenvalue weighted by Crippen LogP contribution is 2.36. The van der Waals surface area contributed by atoms with Crippen molar-refractivity contribution >= 4 is 34.2 Å². The van der Waals surface area contributed by atoms with E-state index in [0.717, 1.165) is 17.1 Å². The zero-order valence-corrected chi connectivity index (χ0v) is 19.7. The summed E-state index contributed by atoms with van der Waals surface area (Å²) in [5.74, 6) is 0.809. The van der Waals surface area contributed by atoms with Gasteiger partial charge in [-0.1, -0.05) is 62.2 Å². The SMILES string of the molecule is CC(C)(C)c1cc(Cl)c2nc(-c3ccc(Cl)c(OCc4ccccc4C(F)(F)F)c3)[nH]c2c1. The highest BCUT2D eigenvalue weighted by molar-refractivity contribution is 6.35. The summed E-state index contributed by atoms with van der Waals surface area (Å²) in [5.41, 5.74) is 2.37. The molecular formula is C25H21Cl2F3N2O. The van der Waals surface area contributed by atoms with Gasteiger partial charge >= 0.3 is 6.18 Å². The lowest BCUT2D eigenvalue weighted by atomic mass is 9.87. The molecule has 0 aliphatic rings. The van der Waals surface area contributed by atoms with Crippen LogP contribution in [0.3, 0.4) is 0 Å². The van der Waals surface area contributed by atoms with Gasteiger partial charge in [0.05, 0.1) is 21.1 Å². The van der Waals surface area contributed by atoms with Crippen LogP contribution in [0.1, 0.15) is 37.5 Å². The van der Waals surface area contributed by atoms with Crippen LogP contribution in [0.15, 0.2) is 54.6 Å². The van der Waals surface area contributed by atoms with Crippen molar-refractivity contribution in [3.05, 3.63) is 81.3 Å². The third kappa shape index (κ3) is 4.97. The van der Waals surface area contributed by atoms with Crippen molar-refractivity contribution in [2.24, 2.45) is 0 Å². The summed E-state index contributed by atoms with van der Waals surface area (Å²) >= 11 is 12.7. The first-order valence-electron chi connectivity index (χ1n) is 10.2. The van der Waals surface area contributed by atoms with Gasteiger partial charge in [-0.25, -0.2) is 4.98 Å². The number of alkyl halides is 3. The maximum atomic E-state index is 13.3. The Morgan fingerprint density at radius 2 is 1.67 bits per heavy atom. The zero-order valence-electron chi connectivity index (χ0n) is 18.1. The Morgan fingerprint density at radius 1 is 0.939 bits per heavy atom. The first-order chi connectivity index (χ1) is 15.4. The van der Waals surface area contributed by atoms with Crippen molar-refractivity contribution in [1.82, 2.24) is 9.97 Å². The van der Waals surface area contributed by atoms with Gasteiger partial charge in [0.25, 0.3) is 0 Å². The highest BCUT2D eigenvalue weighted by Gasteiger charge is 2.33. The van der Waals surface area contributed by atoms with Crippen molar-refractivity contribution in [1.29, 1.82) is 0 Å². The number of H-pyrrole nitrogens is 1. The summed E-state index contributed by atoms with van der Waals surface area (Å²) in [4.78, 5) is 7.88. The second-order valence-electron chi connectivity index (χ2n) is 8.78. The number of hydrogen-bond donors (Lipinski definition) is 1. The number of imidazole rings is 1. The maximum absolute atomic E-state index is 13.3. The van der Waals surface area contributed by atoms with E-state index in [-0.39, 0.29) is 28.4 Å². The summed E-state index contributed by atoms with van der Waals surface area (Å²) in [5, 5.41) is 0.821. The predicted molar refractivity (Wildman–Crippen MR) is 126 cm³/mol. The molecular weight excluding hydrogens is 472 g/mol. The van der Waals surface area contributed by atoms with Crippen molar-refractivity contribution < 1.29 is 17.9 Å². The lowest BCUT2D eigenvalue weighted by Gasteiger charge is -2.19. The van der Waals surface area contributed by atoms with E-state index in [4.69, 9.17) is 27.9 Å². The first kappa shape index (κ1) is 23.5. The van der Waals surface area contributed by atoms with Crippen LogP contribution in [0, 0.1) is 0 Å². The number of rotatable bonds is 4. The average molecular weight is 493 g/mol. The Morgan fingerprint density at radius 3 is 2.36 bits per heavy atom. The first-order valence-corrected chi connectivity index (χ1v) is 11.0. The number of aromatic amines is 1. The molecule has 1 aromatic heterocycles. The molecule has 0 bridgehead atoms. The van der Waals surface area contributed by atoms with Crippen molar-refractivity contribution in [3.8, 4) is 17.1 Å². The highest BCUT2D eigenvalue weighted by atomic mass is 35.5. The molecule has 1 N–H and O–H groups in total. The van der Waals surface area contributed by atoms with Crippen LogP contribution in [0.4, 0.5) is 13.2 Å². The van der Waals surface area contributed by atoms with Crippen LogP contribution < -0.4 is 4.74 Å². The molecule has 0 amide bonds. The molecule has 0 spiro atoms. The maximum Gasteiger partial charge on any atom is 0.416 e. The van der Waals surface area contributed by atoms with Crippen LogP contribution in [0.2, 0.25) is 10.0 Å². The number of aromatic nitrogens is 2. The number of benzene rings is 3. The molecule has 0 aliphatic heterocycles. The largest absolute Gasteiger partial charge is 0.487 e. The standard InChI is InChI=1S/C25H21Cl2F3N2O/c1-24(2,3)16-11-19(27)22-20(12-16)31-23(32-22)14-8-9-18(26)21(10-14)33-13-15-6-4-5-7-17(15)25(28,29)30/h4-12H,13H2,1-3H3,(H,31,32). The Hall–Kier alpha value is -2.70. The van der Waals surface area contributed by atoms with Gasteiger partial charge in [0.15, 0.2) is 0 Å². The molecule has 0 atom stereocenters. The molecule has 33 heavy (non-hydrogen) atoms. The van der Waals surface area contributed by atoms with E-state index in [9.17, 15) is 13.2 Å². The monoisotopic (exact) mass is 492 g/mol. The number of ether oxygens (including phenoxy) is 1. The van der Waals surface area contributed by atoms with Crippen LogP contribution in [-0.4, -0.2) is 9.97 Å². The van der Waals surface area contributed by atoms with Crippen molar-refractivity contribution in [3.63, 3.8) is 0 Å². The minimum Gasteiger partial charge on any atom is -0.487 e. The van der Waals surface area contributed by atoms with Gasteiger partial charge in [-0.2, -0.15) is 13.2 Å². The van der Waals surface area contributed by atoms with E-state index in [1.54, 1.807) is 18.2 Å². The molecule has 3 nitrogen and oxygen atoms in total. The van der Waals surface area contributed by atoms with Gasteiger partial charge in [-0.3, -0.25) is 0 Å². The molecule has 0 radical (unpaired) electrons. The van der Waals surface area contributed by atoms with Crippen molar-refractivity contribution in [2.75, 3.05) is 0 Å². The summed E-state index contributed by atoms with van der Waals surface area (Å²) < 4.78 is 45.5. The summed E-state index contributed by atoms with van der Waals surface area (Å²) in [6.45, 7) is 6.02. The normalized spacial score (nSPS) is 12.4. The second kappa shape index (κ2) is 8.58. The second-order valence-corrected chi connectivity index (χ2v) is 9.59. The smallest absolute Gasteiger partial charge is 0.416 e. The summed E-state index contributed by atoms with van der Waals surface area (Å²) in [7, 11) is 0. The minimum atomic E-state index is -4.47. The van der Waals surface area contributed by atoms with E-state index in [1.807, 2.05) is 12.1 Å². The van der Waals surface area contributed by atoms with E-state index in [0.29, 0.717) is 21.9 Å². The molecule has 8 heteroatoms. The molecule has 0 saturated heterocycles. The van der Waals surface area contributed by atoms with E-state index >= 15 is 0 Å². The fourth-order valence-corrected chi connectivity index (χ4v) is 3.92. The Balaban J connectivity index is 1.66. The van der Waals surface area contributed by atoms with Crippen LogP contribution in [0.5, 0.6) is 5.75 Å². The van der Waals surface area contributed by atoms with Gasteiger partial charge < -0.3 is 9.72 Å². The average Bonchev–Trinajstić information content (AvgIpc) is 3.17. The Bertz CT molecular complexity index is 1320. The van der Waals surface area contributed by atoms with Gasteiger partial charge in [-0.15, -0.1) is 0 Å².